The zero-order chi connectivity index (χ0) is 14.7. The van der Waals surface area contributed by atoms with Gasteiger partial charge in [0.2, 0.25) is 5.91 Å². The van der Waals surface area contributed by atoms with E-state index in [1.54, 1.807) is 0 Å². The molecule has 2 unspecified atom stereocenters. The smallest absolute Gasteiger partial charge is 0.224 e. The molecule has 0 aromatic heterocycles. The third kappa shape index (κ3) is 3.62. The third-order valence-electron chi connectivity index (χ3n) is 4.64. The monoisotopic (exact) mass is 273 g/mol. The minimum Gasteiger partial charge on any atom is -0.353 e. The van der Waals surface area contributed by atoms with Crippen molar-refractivity contribution in [3.8, 4) is 0 Å². The van der Waals surface area contributed by atoms with Crippen LogP contribution < -0.4 is 5.32 Å². The average molecular weight is 273 g/mol. The molecule has 1 N–H and O–H groups in total. The van der Waals surface area contributed by atoms with Crippen LogP contribution in [0.2, 0.25) is 0 Å². The first-order valence-electron chi connectivity index (χ1n) is 7.83. The Morgan fingerprint density at radius 3 is 2.35 bits per heavy atom. The molecule has 0 radical (unpaired) electrons. The molecule has 2 atom stereocenters. The highest BCUT2D eigenvalue weighted by molar-refractivity contribution is 5.79. The minimum absolute atomic E-state index is 0.179. The Balaban J connectivity index is 2.01. The quantitative estimate of drug-likeness (QED) is 0.890. The number of carbonyl (C=O) groups excluding carboxylic acids is 1. The zero-order valence-electron chi connectivity index (χ0n) is 13.3. The number of nitrogens with one attached hydrogen (secondary N) is 1. The van der Waals surface area contributed by atoms with E-state index < -0.39 is 0 Å². The van der Waals surface area contributed by atoms with Crippen molar-refractivity contribution in [1.82, 2.24) is 5.32 Å². The van der Waals surface area contributed by atoms with E-state index in [0.29, 0.717) is 18.4 Å². The van der Waals surface area contributed by atoms with Gasteiger partial charge in [0.15, 0.2) is 0 Å². The highest BCUT2D eigenvalue weighted by Gasteiger charge is 2.23. The maximum absolute atomic E-state index is 12.3. The SMILES string of the molecule is Cc1cc(C)c(CC(=O)NC2CCCCC2C)c(C)c1. The normalized spacial score (nSPS) is 22.6. The van der Waals surface area contributed by atoms with Crippen molar-refractivity contribution in [3.05, 3.63) is 34.4 Å². The zero-order valence-corrected chi connectivity index (χ0v) is 13.3. The van der Waals surface area contributed by atoms with Gasteiger partial charge in [-0.3, -0.25) is 4.79 Å². The Morgan fingerprint density at radius 1 is 1.15 bits per heavy atom. The molecule has 1 aliphatic carbocycles. The van der Waals surface area contributed by atoms with E-state index in [-0.39, 0.29) is 5.91 Å². The minimum atomic E-state index is 0.179. The van der Waals surface area contributed by atoms with Crippen molar-refractivity contribution in [2.45, 2.75) is 65.8 Å². The summed E-state index contributed by atoms with van der Waals surface area (Å²) in [5, 5.41) is 3.25. The van der Waals surface area contributed by atoms with Crippen LogP contribution in [0.15, 0.2) is 12.1 Å². The maximum atomic E-state index is 12.3. The molecule has 1 aromatic rings. The fraction of sp³-hybridized carbons (Fsp3) is 0.611. The fourth-order valence-corrected chi connectivity index (χ4v) is 3.44. The van der Waals surface area contributed by atoms with Crippen molar-refractivity contribution < 1.29 is 4.79 Å². The van der Waals surface area contributed by atoms with Crippen molar-refractivity contribution in [2.24, 2.45) is 5.92 Å². The van der Waals surface area contributed by atoms with Crippen molar-refractivity contribution in [3.63, 3.8) is 0 Å². The second-order valence-corrected chi connectivity index (χ2v) is 6.49. The van der Waals surface area contributed by atoms with Gasteiger partial charge >= 0.3 is 0 Å². The molecular weight excluding hydrogens is 246 g/mol. The fourth-order valence-electron chi connectivity index (χ4n) is 3.44. The maximum Gasteiger partial charge on any atom is 0.224 e. The summed E-state index contributed by atoms with van der Waals surface area (Å²) < 4.78 is 0. The Kier molecular flexibility index (Phi) is 4.85. The molecule has 110 valence electrons. The van der Waals surface area contributed by atoms with Gasteiger partial charge in [-0.2, -0.15) is 0 Å². The molecule has 1 aliphatic rings. The predicted octanol–water partition coefficient (Wildman–Crippen LogP) is 3.85. The Bertz CT molecular complexity index is 469. The summed E-state index contributed by atoms with van der Waals surface area (Å²) in [5.41, 5.74) is 4.92. The Labute approximate surface area is 123 Å². The first kappa shape index (κ1) is 15.1. The number of aryl methyl sites for hydroxylation is 3. The Hall–Kier alpha value is -1.31. The van der Waals surface area contributed by atoms with Crippen LogP contribution in [0.25, 0.3) is 0 Å². The lowest BCUT2D eigenvalue weighted by Crippen LogP contribution is -2.41. The van der Waals surface area contributed by atoms with Gasteiger partial charge in [-0.25, -0.2) is 0 Å². The van der Waals surface area contributed by atoms with Crippen LogP contribution >= 0.6 is 0 Å². The summed E-state index contributed by atoms with van der Waals surface area (Å²) >= 11 is 0. The summed E-state index contributed by atoms with van der Waals surface area (Å²) in [4.78, 5) is 12.3. The van der Waals surface area contributed by atoms with Gasteiger partial charge < -0.3 is 5.32 Å². The lowest BCUT2D eigenvalue weighted by atomic mass is 9.85. The summed E-state index contributed by atoms with van der Waals surface area (Å²) in [6.45, 7) is 8.57. The molecule has 1 fully saturated rings. The highest BCUT2D eigenvalue weighted by atomic mass is 16.1. The second-order valence-electron chi connectivity index (χ2n) is 6.49. The predicted molar refractivity (Wildman–Crippen MR) is 83.9 cm³/mol. The standard InChI is InChI=1S/C18H27NO/c1-12-9-14(3)16(15(4)10-12)11-18(20)19-17-8-6-5-7-13(17)2/h9-10,13,17H,5-8,11H2,1-4H3,(H,19,20). The average Bonchev–Trinajstić information content (AvgIpc) is 2.36. The van der Waals surface area contributed by atoms with Crippen LogP contribution in [0.3, 0.4) is 0 Å². The van der Waals surface area contributed by atoms with E-state index >= 15 is 0 Å². The molecule has 2 nitrogen and oxygen atoms in total. The van der Waals surface area contributed by atoms with Crippen LogP contribution in [0, 0.1) is 26.7 Å². The van der Waals surface area contributed by atoms with E-state index in [2.05, 4.69) is 45.1 Å². The van der Waals surface area contributed by atoms with Gasteiger partial charge in [0, 0.05) is 6.04 Å². The molecular formula is C18H27NO. The molecule has 0 aliphatic heterocycles. The molecule has 0 spiro atoms. The van der Waals surface area contributed by atoms with E-state index in [1.807, 2.05) is 0 Å². The van der Waals surface area contributed by atoms with Gasteiger partial charge in [-0.15, -0.1) is 0 Å². The molecule has 1 saturated carbocycles. The number of rotatable bonds is 3. The van der Waals surface area contributed by atoms with E-state index in [1.165, 1.54) is 41.5 Å². The summed E-state index contributed by atoms with van der Waals surface area (Å²) in [5.74, 6) is 0.798. The highest BCUT2D eigenvalue weighted by Crippen LogP contribution is 2.24. The van der Waals surface area contributed by atoms with Crippen LogP contribution in [-0.2, 0) is 11.2 Å². The number of hydrogen-bond acceptors (Lipinski definition) is 1. The van der Waals surface area contributed by atoms with E-state index in [4.69, 9.17) is 0 Å². The third-order valence-corrected chi connectivity index (χ3v) is 4.64. The topological polar surface area (TPSA) is 29.1 Å². The molecule has 2 rings (SSSR count). The molecule has 2 heteroatoms. The first-order valence-corrected chi connectivity index (χ1v) is 7.83. The Morgan fingerprint density at radius 2 is 1.75 bits per heavy atom. The number of hydrogen-bond donors (Lipinski definition) is 1. The van der Waals surface area contributed by atoms with Crippen LogP contribution in [0.4, 0.5) is 0 Å². The van der Waals surface area contributed by atoms with Gasteiger partial charge in [0.05, 0.1) is 6.42 Å². The van der Waals surface area contributed by atoms with Gasteiger partial charge in [-0.05, 0) is 56.2 Å². The van der Waals surface area contributed by atoms with Crippen molar-refractivity contribution >= 4 is 5.91 Å². The van der Waals surface area contributed by atoms with Crippen LogP contribution in [-0.4, -0.2) is 11.9 Å². The van der Waals surface area contributed by atoms with Crippen molar-refractivity contribution in [1.29, 1.82) is 0 Å². The van der Waals surface area contributed by atoms with E-state index in [9.17, 15) is 4.79 Å². The summed E-state index contributed by atoms with van der Waals surface area (Å²) in [7, 11) is 0. The molecule has 1 aromatic carbocycles. The van der Waals surface area contributed by atoms with Crippen LogP contribution in [0.5, 0.6) is 0 Å². The molecule has 20 heavy (non-hydrogen) atoms. The largest absolute Gasteiger partial charge is 0.353 e. The molecule has 0 bridgehead atoms. The second kappa shape index (κ2) is 6.43. The lowest BCUT2D eigenvalue weighted by Gasteiger charge is -2.29. The van der Waals surface area contributed by atoms with E-state index in [0.717, 1.165) is 6.42 Å². The number of amides is 1. The number of benzene rings is 1. The van der Waals surface area contributed by atoms with Gasteiger partial charge in [0.25, 0.3) is 0 Å². The summed E-state index contributed by atoms with van der Waals surface area (Å²) in [6.07, 6.45) is 5.45. The van der Waals surface area contributed by atoms with Crippen molar-refractivity contribution in [2.75, 3.05) is 0 Å². The lowest BCUT2D eigenvalue weighted by molar-refractivity contribution is -0.121. The summed E-state index contributed by atoms with van der Waals surface area (Å²) in [6, 6.07) is 4.71. The van der Waals surface area contributed by atoms with Crippen LogP contribution in [0.1, 0.15) is 54.9 Å². The first-order chi connectivity index (χ1) is 9.47. The molecule has 0 heterocycles. The van der Waals surface area contributed by atoms with Gasteiger partial charge in [-0.1, -0.05) is 37.5 Å². The van der Waals surface area contributed by atoms with Gasteiger partial charge in [0.1, 0.15) is 0 Å². The molecule has 0 saturated heterocycles. The molecule has 1 amide bonds. The number of carbonyl (C=O) groups is 1.